The zero-order chi connectivity index (χ0) is 35.3. The number of fused-ring (bicyclic) bond motifs is 3. The molecule has 5 aliphatic rings. The number of aromatic nitrogens is 2. The second-order valence-corrected chi connectivity index (χ2v) is 16.3. The molecule has 1 amide bonds. The van der Waals surface area contributed by atoms with Gasteiger partial charge in [-0.3, -0.25) is 14.2 Å². The molecule has 1 aromatic heterocycles. The highest BCUT2D eigenvalue weighted by Gasteiger charge is 2.56. The molecular formula is C38H50Cl2N8O2. The fourth-order valence-electron chi connectivity index (χ4n) is 8.82. The summed E-state index contributed by atoms with van der Waals surface area (Å²) in [5.74, 6) is 3.16. The first-order valence-corrected chi connectivity index (χ1v) is 19.0. The number of rotatable bonds is 7. The lowest BCUT2D eigenvalue weighted by Crippen LogP contribution is -2.58. The normalized spacial score (nSPS) is 26.9. The minimum absolute atomic E-state index is 0.00708. The quantitative estimate of drug-likeness (QED) is 0.237. The van der Waals surface area contributed by atoms with Gasteiger partial charge < -0.3 is 25.3 Å². The summed E-state index contributed by atoms with van der Waals surface area (Å²) in [6.45, 7) is 17.1. The van der Waals surface area contributed by atoms with E-state index >= 15 is 0 Å². The number of halogens is 2. The summed E-state index contributed by atoms with van der Waals surface area (Å²) < 4.78 is 1.81. The molecule has 50 heavy (non-hydrogen) atoms. The van der Waals surface area contributed by atoms with Gasteiger partial charge in [-0.25, -0.2) is 9.98 Å². The van der Waals surface area contributed by atoms with Gasteiger partial charge in [0.2, 0.25) is 11.9 Å². The molecule has 0 unspecified atom stereocenters. The lowest BCUT2D eigenvalue weighted by Gasteiger charge is -2.61. The van der Waals surface area contributed by atoms with Gasteiger partial charge in [-0.15, -0.1) is 0 Å². The smallest absolute Gasteiger partial charge is 0.262 e. The maximum atomic E-state index is 14.2. The van der Waals surface area contributed by atoms with Crippen LogP contribution in [0.15, 0.2) is 46.2 Å². The molecule has 3 saturated carbocycles. The highest BCUT2D eigenvalue weighted by atomic mass is 35.5. The molecule has 2 saturated heterocycles. The van der Waals surface area contributed by atoms with E-state index in [-0.39, 0.29) is 30.1 Å². The van der Waals surface area contributed by atoms with Crippen LogP contribution in [0.4, 0.5) is 11.6 Å². The number of guanidine groups is 1. The van der Waals surface area contributed by atoms with Gasteiger partial charge in [0.1, 0.15) is 0 Å². The van der Waals surface area contributed by atoms with Gasteiger partial charge in [0.25, 0.3) is 5.56 Å². The molecule has 2 bridgehead atoms. The summed E-state index contributed by atoms with van der Waals surface area (Å²) in [7, 11) is 0. The molecular weight excluding hydrogens is 671 g/mol. The van der Waals surface area contributed by atoms with Gasteiger partial charge in [-0.05, 0) is 91.8 Å². The maximum absolute atomic E-state index is 14.2. The highest BCUT2D eigenvalue weighted by Crippen LogP contribution is 2.61. The number of piperazine rings is 2. The maximum Gasteiger partial charge on any atom is 0.262 e. The molecule has 3 heterocycles. The number of aliphatic imine (C=N–C) groups is 1. The van der Waals surface area contributed by atoms with Crippen LogP contribution in [0.2, 0.25) is 10.0 Å². The molecule has 12 heteroatoms. The first-order valence-electron chi connectivity index (χ1n) is 18.3. The number of anilines is 2. The van der Waals surface area contributed by atoms with Gasteiger partial charge in [-0.2, -0.15) is 0 Å². The van der Waals surface area contributed by atoms with Crippen molar-refractivity contribution in [1.29, 1.82) is 0 Å². The van der Waals surface area contributed by atoms with Crippen LogP contribution in [-0.4, -0.2) is 89.1 Å². The summed E-state index contributed by atoms with van der Waals surface area (Å²) in [6, 6.07) is 11.4. The van der Waals surface area contributed by atoms with Crippen molar-refractivity contribution in [3.8, 4) is 0 Å². The summed E-state index contributed by atoms with van der Waals surface area (Å²) >= 11 is 12.7. The van der Waals surface area contributed by atoms with Crippen molar-refractivity contribution in [3.05, 3.63) is 62.4 Å². The van der Waals surface area contributed by atoms with E-state index in [0.717, 1.165) is 50.4 Å². The largest absolute Gasteiger partial charge is 0.350 e. The lowest BCUT2D eigenvalue weighted by atomic mass is 9.45. The van der Waals surface area contributed by atoms with Crippen molar-refractivity contribution in [3.63, 3.8) is 0 Å². The number of amides is 1. The van der Waals surface area contributed by atoms with E-state index in [1.165, 1.54) is 6.42 Å². The standard InChI is InChI=1S/C38H50Cl2N8O2/c1-6-45-13-15-46(16-14-45)37-44-33-20-28(9-10-29(33)35(50)48(37)12-11-25-7-8-27(39)19-31(25)40)42-36(47-21-23(2)41-34(49)22-47)43-32-18-26-17-30(24(32)3)38(26,4)5/h7-10,19-20,23-24,26,30,32H,6,11-18,21-22H2,1-5H3,(H,41,49)(H,42,43)/t23-,24+,26+,30+,32-/m0/s1. The first kappa shape index (κ1) is 35.1. The number of likely N-dealkylation sites (N-methyl/N-ethyl adjacent to an activating group) is 1. The third-order valence-electron chi connectivity index (χ3n) is 12.1. The Balaban J connectivity index is 1.23. The Labute approximate surface area is 305 Å². The van der Waals surface area contributed by atoms with E-state index in [4.69, 9.17) is 33.2 Å². The molecule has 5 fully saturated rings. The lowest BCUT2D eigenvalue weighted by molar-refractivity contribution is -0.124. The fraction of sp³-hybridized carbons (Fsp3) is 0.579. The number of benzene rings is 2. The third kappa shape index (κ3) is 6.83. The average Bonchev–Trinajstić information content (AvgIpc) is 3.08. The number of nitrogens with one attached hydrogen (secondary N) is 2. The molecule has 2 aliphatic heterocycles. The van der Waals surface area contributed by atoms with E-state index < -0.39 is 0 Å². The van der Waals surface area contributed by atoms with Gasteiger partial charge in [0.15, 0.2) is 5.96 Å². The first-order chi connectivity index (χ1) is 23.9. The van der Waals surface area contributed by atoms with Crippen molar-refractivity contribution in [2.45, 2.75) is 72.5 Å². The van der Waals surface area contributed by atoms with Gasteiger partial charge in [0.05, 0.1) is 23.5 Å². The predicted molar refractivity (Wildman–Crippen MR) is 204 cm³/mol. The second-order valence-electron chi connectivity index (χ2n) is 15.5. The molecule has 2 aromatic carbocycles. The number of nitrogens with zero attached hydrogens (tertiary/aromatic N) is 6. The monoisotopic (exact) mass is 720 g/mol. The van der Waals surface area contributed by atoms with Gasteiger partial charge in [-0.1, -0.05) is 57.0 Å². The molecule has 2 N–H and O–H groups in total. The zero-order valence-corrected chi connectivity index (χ0v) is 31.4. The van der Waals surface area contributed by atoms with Crippen LogP contribution in [0.5, 0.6) is 0 Å². The van der Waals surface area contributed by atoms with E-state index in [9.17, 15) is 9.59 Å². The summed E-state index contributed by atoms with van der Waals surface area (Å²) in [4.78, 5) is 44.2. The van der Waals surface area contributed by atoms with E-state index in [2.05, 4.69) is 53.0 Å². The van der Waals surface area contributed by atoms with E-state index in [0.29, 0.717) is 75.5 Å². The topological polar surface area (TPSA) is 98.1 Å². The van der Waals surface area contributed by atoms with Crippen molar-refractivity contribution >= 4 is 57.6 Å². The van der Waals surface area contributed by atoms with Crippen LogP contribution < -0.4 is 21.1 Å². The Morgan fingerprint density at radius 1 is 1.06 bits per heavy atom. The Bertz CT molecular complexity index is 1850. The van der Waals surface area contributed by atoms with Gasteiger partial charge >= 0.3 is 0 Å². The van der Waals surface area contributed by atoms with Crippen molar-refractivity contribution < 1.29 is 4.79 Å². The van der Waals surface area contributed by atoms with Crippen LogP contribution in [0.3, 0.4) is 0 Å². The number of hydrogen-bond donors (Lipinski definition) is 2. The molecule has 8 rings (SSSR count). The SMILES string of the molecule is CCN1CCN(c2nc3cc(NC(=N[C@H]4C[C@H]5C[C@H]([C@H]4C)C5(C)C)N4CC(=O)N[C@@H](C)C4)ccc3c(=O)n2CCc2ccc(Cl)cc2Cl)CC1. The minimum atomic E-state index is -0.0761. The Morgan fingerprint density at radius 3 is 2.52 bits per heavy atom. The minimum Gasteiger partial charge on any atom is -0.350 e. The van der Waals surface area contributed by atoms with Crippen molar-refractivity contribution in [2.75, 3.05) is 56.0 Å². The van der Waals surface area contributed by atoms with Crippen LogP contribution in [0.25, 0.3) is 10.9 Å². The van der Waals surface area contributed by atoms with Crippen LogP contribution >= 0.6 is 23.2 Å². The Kier molecular flexibility index (Phi) is 9.82. The van der Waals surface area contributed by atoms with Crippen molar-refractivity contribution in [2.24, 2.45) is 28.2 Å². The number of carbonyl (C=O) groups excluding carboxylic acids is 1. The fourth-order valence-corrected chi connectivity index (χ4v) is 9.32. The Hall–Kier alpha value is -3.34. The number of aryl methyl sites for hydroxylation is 1. The number of carbonyl (C=O) groups is 1. The third-order valence-corrected chi connectivity index (χ3v) is 12.6. The average molecular weight is 722 g/mol. The molecule has 0 spiro atoms. The molecule has 0 radical (unpaired) electrons. The van der Waals surface area contributed by atoms with Crippen LogP contribution in [0, 0.1) is 23.2 Å². The highest BCUT2D eigenvalue weighted by molar-refractivity contribution is 6.35. The summed E-state index contributed by atoms with van der Waals surface area (Å²) in [5.41, 5.74) is 2.64. The molecule has 3 aromatic rings. The molecule has 5 atom stereocenters. The summed E-state index contributed by atoms with van der Waals surface area (Å²) in [5, 5.41) is 8.38. The van der Waals surface area contributed by atoms with Crippen molar-refractivity contribution in [1.82, 2.24) is 24.7 Å². The van der Waals surface area contributed by atoms with Crippen LogP contribution in [0.1, 0.15) is 53.0 Å². The van der Waals surface area contributed by atoms with Crippen LogP contribution in [-0.2, 0) is 17.8 Å². The molecule has 3 aliphatic carbocycles. The van der Waals surface area contributed by atoms with Gasteiger partial charge in [0, 0.05) is 61.0 Å². The molecule has 10 nitrogen and oxygen atoms in total. The summed E-state index contributed by atoms with van der Waals surface area (Å²) in [6.07, 6.45) is 2.91. The van der Waals surface area contributed by atoms with E-state index in [1.807, 2.05) is 37.3 Å². The van der Waals surface area contributed by atoms with E-state index in [1.54, 1.807) is 10.6 Å². The second kappa shape index (κ2) is 14.0. The Morgan fingerprint density at radius 2 is 1.84 bits per heavy atom. The number of hydrogen-bond acceptors (Lipinski definition) is 6. The molecule has 268 valence electrons. The zero-order valence-electron chi connectivity index (χ0n) is 29.9. The predicted octanol–water partition coefficient (Wildman–Crippen LogP) is 5.75.